The Balaban J connectivity index is 2.48. The fraction of sp³-hybridized carbons (Fsp3) is 0.100. The molecule has 0 radical (unpaired) electrons. The van der Waals surface area contributed by atoms with Crippen LogP contribution in [0.5, 0.6) is 0 Å². The van der Waals surface area contributed by atoms with E-state index in [1.807, 2.05) is 0 Å². The Bertz CT molecular complexity index is 726. The summed E-state index contributed by atoms with van der Waals surface area (Å²) in [5.74, 6) is 0. The third-order valence-electron chi connectivity index (χ3n) is 2.42. The van der Waals surface area contributed by atoms with Crippen LogP contribution in [0, 0.1) is 10.1 Å². The first-order valence-corrected chi connectivity index (χ1v) is 6.81. The second kappa shape index (κ2) is 5.17. The average molecular weight is 298 g/mol. The van der Waals surface area contributed by atoms with Gasteiger partial charge in [-0.05, 0) is 12.1 Å². The van der Waals surface area contributed by atoms with E-state index in [1.165, 1.54) is 6.07 Å². The summed E-state index contributed by atoms with van der Waals surface area (Å²) in [4.78, 5) is 9.79. The van der Waals surface area contributed by atoms with Gasteiger partial charge in [0.1, 0.15) is 12.0 Å². The summed E-state index contributed by atoms with van der Waals surface area (Å²) >= 11 is 0. The van der Waals surface area contributed by atoms with Crippen LogP contribution >= 0.6 is 0 Å². The normalized spacial score (nSPS) is 11.1. The van der Waals surface area contributed by atoms with Crippen molar-refractivity contribution in [3.8, 4) is 0 Å². The second-order valence-electron chi connectivity index (χ2n) is 3.71. The van der Waals surface area contributed by atoms with E-state index in [1.54, 1.807) is 7.05 Å². The topological polar surface area (TPSA) is 127 Å². The van der Waals surface area contributed by atoms with E-state index in [0.717, 1.165) is 24.6 Å². The van der Waals surface area contributed by atoms with E-state index in [0.29, 0.717) is 5.69 Å². The third-order valence-corrected chi connectivity index (χ3v) is 3.85. The minimum absolute atomic E-state index is 0.0805. The monoisotopic (exact) mass is 298 g/mol. The number of hydrogen-bond acceptors (Lipinski definition) is 7. The zero-order valence-corrected chi connectivity index (χ0v) is 11.0. The van der Waals surface area contributed by atoms with E-state index in [4.69, 9.17) is 0 Å². The van der Waals surface area contributed by atoms with Crippen molar-refractivity contribution in [2.24, 2.45) is 0 Å². The molecule has 1 aromatic carbocycles. The van der Waals surface area contributed by atoms with E-state index in [2.05, 4.69) is 19.7 Å². The predicted molar refractivity (Wildman–Crippen MR) is 70.0 cm³/mol. The lowest BCUT2D eigenvalue weighted by Gasteiger charge is -2.07. The zero-order valence-electron chi connectivity index (χ0n) is 10.2. The quantitative estimate of drug-likeness (QED) is 0.631. The number of nitro benzene ring substituents is 1. The molecule has 9 nitrogen and oxygen atoms in total. The molecule has 10 heteroatoms. The highest BCUT2D eigenvalue weighted by Gasteiger charge is 2.26. The summed E-state index contributed by atoms with van der Waals surface area (Å²) in [6.07, 6.45) is 2.22. The van der Waals surface area contributed by atoms with Crippen molar-refractivity contribution in [2.75, 3.05) is 17.1 Å². The molecular weight excluding hydrogens is 288 g/mol. The molecule has 0 unspecified atom stereocenters. The molecular formula is C10H10N4O5S. The van der Waals surface area contributed by atoms with Crippen LogP contribution in [0.25, 0.3) is 0 Å². The van der Waals surface area contributed by atoms with Crippen LogP contribution in [0.1, 0.15) is 0 Å². The number of nitrogens with zero attached hydrogens (tertiary/aromatic N) is 2. The molecule has 0 aliphatic rings. The summed E-state index contributed by atoms with van der Waals surface area (Å²) in [7, 11) is -2.53. The standard InChI is InChI=1S/C10H10N4O5S/c1-11-7-2-3-10(9(4-7)14(15)16)20(17,18)13-8-5-12-19-6-8/h2-6,11,13H,1H3. The van der Waals surface area contributed by atoms with Crippen LogP contribution in [0.2, 0.25) is 0 Å². The lowest BCUT2D eigenvalue weighted by molar-refractivity contribution is -0.387. The number of anilines is 2. The second-order valence-corrected chi connectivity index (χ2v) is 5.36. The molecule has 0 spiro atoms. The Kier molecular flexibility index (Phi) is 3.57. The number of rotatable bonds is 5. The van der Waals surface area contributed by atoms with Gasteiger partial charge < -0.3 is 9.84 Å². The number of sulfonamides is 1. The van der Waals surface area contributed by atoms with Gasteiger partial charge in [-0.2, -0.15) is 0 Å². The molecule has 0 aliphatic heterocycles. The smallest absolute Gasteiger partial charge is 0.291 e. The molecule has 1 heterocycles. The Morgan fingerprint density at radius 2 is 2.10 bits per heavy atom. The first-order chi connectivity index (χ1) is 9.44. The molecule has 0 fully saturated rings. The van der Waals surface area contributed by atoms with Crippen LogP contribution in [-0.2, 0) is 10.0 Å². The molecule has 2 rings (SSSR count). The van der Waals surface area contributed by atoms with Gasteiger partial charge in [0.25, 0.3) is 15.7 Å². The first kappa shape index (κ1) is 13.8. The van der Waals surface area contributed by atoms with Gasteiger partial charge in [-0.25, -0.2) is 8.42 Å². The van der Waals surface area contributed by atoms with Gasteiger partial charge in [0.15, 0.2) is 4.90 Å². The predicted octanol–water partition coefficient (Wildman–Crippen LogP) is 1.43. The first-order valence-electron chi connectivity index (χ1n) is 5.32. The zero-order chi connectivity index (χ0) is 14.8. The number of benzene rings is 1. The molecule has 0 bridgehead atoms. The third kappa shape index (κ3) is 2.69. The average Bonchev–Trinajstić information content (AvgIpc) is 2.90. The Labute approximate surface area is 113 Å². The van der Waals surface area contributed by atoms with Crippen LogP contribution < -0.4 is 10.0 Å². The van der Waals surface area contributed by atoms with Gasteiger partial charge in [0.05, 0.1) is 11.1 Å². The van der Waals surface area contributed by atoms with Gasteiger partial charge in [0, 0.05) is 18.8 Å². The summed E-state index contributed by atoms with van der Waals surface area (Å²) in [6.45, 7) is 0. The molecule has 106 valence electrons. The van der Waals surface area contributed by atoms with Crippen molar-refractivity contribution in [3.63, 3.8) is 0 Å². The largest absolute Gasteiger partial charge is 0.388 e. The van der Waals surface area contributed by atoms with Crippen molar-refractivity contribution in [3.05, 3.63) is 40.8 Å². The molecule has 0 aliphatic carbocycles. The van der Waals surface area contributed by atoms with Crippen LogP contribution in [0.15, 0.2) is 40.1 Å². The van der Waals surface area contributed by atoms with Crippen LogP contribution in [-0.4, -0.2) is 25.5 Å². The summed E-state index contributed by atoms with van der Waals surface area (Å²) < 4.78 is 30.9. The molecule has 0 amide bonds. The van der Waals surface area contributed by atoms with Crippen molar-refractivity contribution < 1.29 is 17.9 Å². The Morgan fingerprint density at radius 3 is 2.65 bits per heavy atom. The molecule has 2 aromatic rings. The highest BCUT2D eigenvalue weighted by atomic mass is 32.2. The van der Waals surface area contributed by atoms with Crippen molar-refractivity contribution in [1.29, 1.82) is 0 Å². The van der Waals surface area contributed by atoms with Crippen molar-refractivity contribution in [1.82, 2.24) is 5.16 Å². The summed E-state index contributed by atoms with van der Waals surface area (Å²) in [6, 6.07) is 3.72. The van der Waals surface area contributed by atoms with Crippen molar-refractivity contribution >= 4 is 27.1 Å². The van der Waals surface area contributed by atoms with E-state index >= 15 is 0 Å². The van der Waals surface area contributed by atoms with Gasteiger partial charge in [-0.15, -0.1) is 0 Å². The number of aromatic nitrogens is 1. The number of nitrogens with one attached hydrogen (secondary N) is 2. The lowest BCUT2D eigenvalue weighted by atomic mass is 10.3. The van der Waals surface area contributed by atoms with Gasteiger partial charge in [-0.3, -0.25) is 14.8 Å². The molecule has 0 saturated carbocycles. The summed E-state index contributed by atoms with van der Waals surface area (Å²) in [5.41, 5.74) is -0.0153. The maximum absolute atomic E-state index is 12.1. The molecule has 2 N–H and O–H groups in total. The minimum Gasteiger partial charge on any atom is -0.388 e. The lowest BCUT2D eigenvalue weighted by Crippen LogP contribution is -2.14. The summed E-state index contributed by atoms with van der Waals surface area (Å²) in [5, 5.41) is 17.0. The van der Waals surface area contributed by atoms with Crippen LogP contribution in [0.4, 0.5) is 17.1 Å². The molecule has 0 saturated heterocycles. The number of hydrogen-bond donors (Lipinski definition) is 2. The maximum Gasteiger partial charge on any atom is 0.291 e. The van der Waals surface area contributed by atoms with E-state index in [9.17, 15) is 18.5 Å². The van der Waals surface area contributed by atoms with Gasteiger partial charge in [0.2, 0.25) is 0 Å². The van der Waals surface area contributed by atoms with Crippen molar-refractivity contribution in [2.45, 2.75) is 4.90 Å². The van der Waals surface area contributed by atoms with E-state index < -0.39 is 25.5 Å². The molecule has 1 aromatic heterocycles. The fourth-order valence-electron chi connectivity index (χ4n) is 1.51. The highest BCUT2D eigenvalue weighted by molar-refractivity contribution is 7.92. The number of nitro groups is 1. The highest BCUT2D eigenvalue weighted by Crippen LogP contribution is 2.28. The Hall–Kier alpha value is -2.62. The molecule has 0 atom stereocenters. The fourth-order valence-corrected chi connectivity index (χ4v) is 2.69. The Morgan fingerprint density at radius 1 is 1.35 bits per heavy atom. The maximum atomic E-state index is 12.1. The molecule has 20 heavy (non-hydrogen) atoms. The minimum atomic E-state index is -4.10. The van der Waals surface area contributed by atoms with Crippen LogP contribution in [0.3, 0.4) is 0 Å². The van der Waals surface area contributed by atoms with Gasteiger partial charge >= 0.3 is 0 Å². The SMILES string of the molecule is CNc1ccc(S(=O)(=O)Nc2cnoc2)c([N+](=O)[O-])c1. The van der Waals surface area contributed by atoms with Gasteiger partial charge in [-0.1, -0.05) is 5.16 Å². The van der Waals surface area contributed by atoms with E-state index in [-0.39, 0.29) is 5.69 Å².